The average molecular weight is 665 g/mol. The number of nitrogens with one attached hydrogen (secondary N) is 1. The Balaban J connectivity index is 1.43. The first-order valence-corrected chi connectivity index (χ1v) is 18.0. The van der Waals surface area contributed by atoms with E-state index in [2.05, 4.69) is 19.8 Å². The predicted molar refractivity (Wildman–Crippen MR) is 178 cm³/mol. The van der Waals surface area contributed by atoms with Gasteiger partial charge in [-0.15, -0.1) is 0 Å². The van der Waals surface area contributed by atoms with Gasteiger partial charge in [-0.2, -0.15) is 10.2 Å². The highest BCUT2D eigenvalue weighted by molar-refractivity contribution is 7.90. The molecule has 11 heteroatoms. The Morgan fingerprint density at radius 1 is 1.09 bits per heavy atom. The van der Waals surface area contributed by atoms with Gasteiger partial charge < -0.3 is 14.7 Å². The van der Waals surface area contributed by atoms with Crippen LogP contribution >= 0.6 is 11.6 Å². The molecule has 0 radical (unpaired) electrons. The van der Waals surface area contributed by atoms with Crippen molar-refractivity contribution in [3.63, 3.8) is 0 Å². The van der Waals surface area contributed by atoms with Crippen LogP contribution in [0.5, 0.6) is 5.75 Å². The molecule has 0 spiro atoms. The van der Waals surface area contributed by atoms with Crippen LogP contribution in [0.2, 0.25) is 5.02 Å². The Morgan fingerprint density at radius 3 is 2.70 bits per heavy atom. The molecule has 46 heavy (non-hydrogen) atoms. The molecule has 1 aromatic heterocycles. The fraction of sp³-hybridized carbons (Fsp3) is 0.457. The number of allylic oxidation sites excluding steroid dienone is 1. The van der Waals surface area contributed by atoms with Crippen molar-refractivity contribution < 1.29 is 23.1 Å². The number of halogens is 1. The molecule has 3 heterocycles. The molecular formula is C35H41ClN4O5S. The van der Waals surface area contributed by atoms with Gasteiger partial charge in [-0.1, -0.05) is 36.7 Å². The number of sulfonamides is 1. The van der Waals surface area contributed by atoms with E-state index in [1.807, 2.05) is 31.2 Å². The van der Waals surface area contributed by atoms with Gasteiger partial charge in [-0.3, -0.25) is 4.79 Å². The molecule has 1 amide bonds. The summed E-state index contributed by atoms with van der Waals surface area (Å²) < 4.78 is 35.5. The average Bonchev–Trinajstić information content (AvgIpc) is 3.05. The highest BCUT2D eigenvalue weighted by Crippen LogP contribution is 2.48. The Bertz CT molecular complexity index is 1720. The molecule has 1 fully saturated rings. The van der Waals surface area contributed by atoms with E-state index in [1.165, 1.54) is 0 Å². The molecule has 1 aliphatic carbocycles. The maximum absolute atomic E-state index is 13.4. The van der Waals surface area contributed by atoms with Gasteiger partial charge in [0, 0.05) is 35.8 Å². The van der Waals surface area contributed by atoms with Crippen molar-refractivity contribution in [1.82, 2.24) is 14.9 Å². The fourth-order valence-electron chi connectivity index (χ4n) is 6.88. The number of fused-ring (bicyclic) bond motifs is 3. The second-order valence-electron chi connectivity index (χ2n) is 13.0. The van der Waals surface area contributed by atoms with Gasteiger partial charge in [0.05, 0.1) is 16.6 Å². The zero-order valence-corrected chi connectivity index (χ0v) is 27.8. The van der Waals surface area contributed by atoms with Crippen LogP contribution in [0.1, 0.15) is 73.1 Å². The molecule has 1 saturated carbocycles. The van der Waals surface area contributed by atoms with Crippen molar-refractivity contribution >= 4 is 33.2 Å². The summed E-state index contributed by atoms with van der Waals surface area (Å²) >= 11 is 6.34. The summed E-state index contributed by atoms with van der Waals surface area (Å²) in [6.45, 7) is 5.06. The van der Waals surface area contributed by atoms with E-state index in [0.29, 0.717) is 42.6 Å². The van der Waals surface area contributed by atoms with Gasteiger partial charge >= 0.3 is 0 Å². The van der Waals surface area contributed by atoms with Crippen molar-refractivity contribution in [2.45, 2.75) is 69.8 Å². The van der Waals surface area contributed by atoms with Crippen molar-refractivity contribution in [2.24, 2.45) is 17.8 Å². The second-order valence-corrected chi connectivity index (χ2v) is 15.4. The summed E-state index contributed by atoms with van der Waals surface area (Å²) in [5.74, 6) is -0.410. The number of ether oxygens (including phenoxy) is 1. The van der Waals surface area contributed by atoms with Gasteiger partial charge in [-0.05, 0) is 111 Å². The molecule has 244 valence electrons. The number of nitrogens with zero attached hydrogens (tertiary/aromatic N) is 3. The monoisotopic (exact) mass is 664 g/mol. The third-order valence-electron chi connectivity index (χ3n) is 10.1. The highest BCUT2D eigenvalue weighted by atomic mass is 35.5. The van der Waals surface area contributed by atoms with E-state index < -0.39 is 26.8 Å². The number of hydrogen-bond acceptors (Lipinski definition) is 8. The SMILES string of the molecule is C[C@@H]1[C@@H](C)C/C=C/[C@](O)(c2cccnn2)[C@@H]2CC[C@H]2CN2CCCCc3cc(Cl)ccc3COc3ccc(cc32)C(=O)NS1(=O)=O. The van der Waals surface area contributed by atoms with Crippen molar-refractivity contribution in [3.8, 4) is 5.75 Å². The molecule has 0 saturated heterocycles. The minimum Gasteiger partial charge on any atom is -0.487 e. The van der Waals surface area contributed by atoms with E-state index in [9.17, 15) is 18.3 Å². The molecule has 6 rings (SSSR count). The normalized spacial score (nSPS) is 29.0. The third-order valence-corrected chi connectivity index (χ3v) is 12.2. The van der Waals surface area contributed by atoms with Crippen LogP contribution in [0, 0.1) is 17.8 Å². The van der Waals surface area contributed by atoms with Crippen LogP contribution in [0.15, 0.2) is 66.9 Å². The fourth-order valence-corrected chi connectivity index (χ4v) is 8.36. The Kier molecular flexibility index (Phi) is 9.41. The van der Waals surface area contributed by atoms with Crippen LogP contribution in [0.3, 0.4) is 0 Å². The van der Waals surface area contributed by atoms with Gasteiger partial charge in [0.25, 0.3) is 5.91 Å². The Labute approximate surface area is 276 Å². The van der Waals surface area contributed by atoms with Gasteiger partial charge in [0.15, 0.2) is 0 Å². The largest absolute Gasteiger partial charge is 0.487 e. The quantitative estimate of drug-likeness (QED) is 0.313. The minimum absolute atomic E-state index is 0.118. The number of amides is 1. The number of benzene rings is 2. The van der Waals surface area contributed by atoms with Crippen LogP contribution in [-0.4, -0.2) is 48.0 Å². The molecule has 3 aromatic rings. The molecule has 0 unspecified atom stereocenters. The minimum atomic E-state index is -4.00. The lowest BCUT2D eigenvalue weighted by atomic mass is 9.63. The summed E-state index contributed by atoms with van der Waals surface area (Å²) in [6, 6.07) is 14.5. The van der Waals surface area contributed by atoms with Gasteiger partial charge in [-0.25, -0.2) is 13.1 Å². The third kappa shape index (κ3) is 6.66. The summed E-state index contributed by atoms with van der Waals surface area (Å²) in [6.07, 6.45) is 9.98. The van der Waals surface area contributed by atoms with Crippen LogP contribution < -0.4 is 14.4 Å². The molecule has 2 N–H and O–H groups in total. The number of carbonyl (C=O) groups excluding carboxylic acids is 1. The van der Waals surface area contributed by atoms with E-state index in [0.717, 1.165) is 48.9 Å². The zero-order valence-electron chi connectivity index (χ0n) is 26.2. The van der Waals surface area contributed by atoms with E-state index >= 15 is 0 Å². The van der Waals surface area contributed by atoms with E-state index in [1.54, 1.807) is 49.5 Å². The molecule has 2 aromatic carbocycles. The summed E-state index contributed by atoms with van der Waals surface area (Å²) in [7, 11) is -4.00. The molecular weight excluding hydrogens is 624 g/mol. The maximum atomic E-state index is 13.4. The van der Waals surface area contributed by atoms with Crippen molar-refractivity contribution in [2.75, 3.05) is 18.0 Å². The number of rotatable bonds is 1. The topological polar surface area (TPSA) is 122 Å². The zero-order chi connectivity index (χ0) is 32.5. The first kappa shape index (κ1) is 32.5. The lowest BCUT2D eigenvalue weighted by molar-refractivity contribution is -0.0533. The lowest BCUT2D eigenvalue weighted by Crippen LogP contribution is -2.49. The molecule has 3 aliphatic rings. The first-order chi connectivity index (χ1) is 22.0. The highest BCUT2D eigenvalue weighted by Gasteiger charge is 2.48. The van der Waals surface area contributed by atoms with E-state index in [4.69, 9.17) is 16.3 Å². The van der Waals surface area contributed by atoms with Crippen LogP contribution in [-0.2, 0) is 28.7 Å². The second kappa shape index (κ2) is 13.3. The molecule has 5 atom stereocenters. The van der Waals surface area contributed by atoms with Gasteiger partial charge in [0.1, 0.15) is 18.0 Å². The number of carbonyl (C=O) groups is 1. The van der Waals surface area contributed by atoms with E-state index in [-0.39, 0.29) is 23.3 Å². The van der Waals surface area contributed by atoms with Crippen LogP contribution in [0.25, 0.3) is 0 Å². The van der Waals surface area contributed by atoms with Gasteiger partial charge in [0.2, 0.25) is 10.0 Å². The molecule has 2 bridgehead atoms. The van der Waals surface area contributed by atoms with Crippen LogP contribution in [0.4, 0.5) is 5.69 Å². The number of aryl methyl sites for hydroxylation is 1. The summed E-state index contributed by atoms with van der Waals surface area (Å²) in [4.78, 5) is 15.7. The number of hydrogen-bond donors (Lipinski definition) is 2. The number of aliphatic hydroxyl groups is 1. The smallest absolute Gasteiger partial charge is 0.264 e. The maximum Gasteiger partial charge on any atom is 0.264 e. The standard InChI is InChI=1S/C35H41ClN4O5S/c1-23-7-5-16-35(42,33-9-6-17-37-38-33)30-14-11-27(30)21-40-18-4-3-8-25-19-29(36)13-10-28(25)22-45-32-15-12-26(20-31(32)40)34(41)39-46(43,44)24(23)2/h5-6,9-10,12-13,15-17,19-20,23-24,27,30,42H,3-4,7-8,11,14,18,21-22H2,1-2H3,(H,39,41)/b16-5+/t23-,24+,27-,30+,35+/m0/s1. The van der Waals surface area contributed by atoms with Crippen molar-refractivity contribution in [3.05, 3.63) is 94.3 Å². The lowest BCUT2D eigenvalue weighted by Gasteiger charge is -2.47. The molecule has 9 nitrogen and oxygen atoms in total. The molecule has 2 aliphatic heterocycles. The predicted octanol–water partition coefficient (Wildman–Crippen LogP) is 5.81. The van der Waals surface area contributed by atoms with Crippen molar-refractivity contribution in [1.29, 1.82) is 0 Å². The number of aromatic nitrogens is 2. The Hall–Kier alpha value is -3.47. The summed E-state index contributed by atoms with van der Waals surface area (Å²) in [5, 5.41) is 20.5. The summed E-state index contributed by atoms with van der Waals surface area (Å²) in [5.41, 5.74) is 2.27. The first-order valence-electron chi connectivity index (χ1n) is 16.1. The number of anilines is 1. The Morgan fingerprint density at radius 2 is 1.93 bits per heavy atom.